The summed E-state index contributed by atoms with van der Waals surface area (Å²) in [6.07, 6.45) is 0. The van der Waals surface area contributed by atoms with Gasteiger partial charge in [-0.05, 0) is 38.1 Å². The molecule has 6 heteroatoms. The zero-order valence-electron chi connectivity index (χ0n) is 11.0. The zero-order chi connectivity index (χ0) is 14.5. The lowest BCUT2D eigenvalue weighted by Crippen LogP contribution is -2.49. The van der Waals surface area contributed by atoms with E-state index in [2.05, 4.69) is 4.74 Å². The van der Waals surface area contributed by atoms with Gasteiger partial charge in [0.1, 0.15) is 11.5 Å². The van der Waals surface area contributed by atoms with E-state index in [1.54, 1.807) is 12.1 Å². The molecule has 0 radical (unpaired) electrons. The van der Waals surface area contributed by atoms with Crippen LogP contribution in [0.15, 0.2) is 24.3 Å². The number of carbonyl (C=O) groups excluding carboxylic acids is 1. The third-order valence-corrected chi connectivity index (χ3v) is 2.44. The summed E-state index contributed by atoms with van der Waals surface area (Å²) >= 11 is 0. The number of esters is 1. The summed E-state index contributed by atoms with van der Waals surface area (Å²) in [6, 6.07) is 6.29. The topological polar surface area (TPSA) is 82.1 Å². The van der Waals surface area contributed by atoms with Gasteiger partial charge in [-0.1, -0.05) is 0 Å². The molecule has 1 N–H and O–H groups in total. The van der Waals surface area contributed by atoms with E-state index in [1.165, 1.54) is 12.1 Å². The zero-order valence-corrected chi connectivity index (χ0v) is 11.0. The van der Waals surface area contributed by atoms with Crippen molar-refractivity contribution in [2.75, 3.05) is 13.7 Å². The number of ether oxygens (including phenoxy) is 3. The quantitative estimate of drug-likeness (QED) is 0.621. The normalized spacial score (nSPS) is 13.2. The highest BCUT2D eigenvalue weighted by Crippen LogP contribution is 2.23. The first-order chi connectivity index (χ1) is 8.93. The summed E-state index contributed by atoms with van der Waals surface area (Å²) in [5, 5.41) is 9.08. The van der Waals surface area contributed by atoms with Crippen LogP contribution in [0.5, 0.6) is 11.5 Å². The first-order valence-electron chi connectivity index (χ1n) is 5.67. The third kappa shape index (κ3) is 3.37. The Hall–Kier alpha value is -2.24. The van der Waals surface area contributed by atoms with Crippen molar-refractivity contribution in [1.29, 1.82) is 0 Å². The van der Waals surface area contributed by atoms with Gasteiger partial charge in [-0.2, -0.15) is 0 Å². The predicted molar refractivity (Wildman–Crippen MR) is 66.3 cm³/mol. The Kier molecular flexibility index (Phi) is 4.74. The van der Waals surface area contributed by atoms with Gasteiger partial charge in [-0.3, -0.25) is 0 Å². The van der Waals surface area contributed by atoms with Crippen molar-refractivity contribution in [3.8, 4) is 11.5 Å². The molecular formula is C13H16O6. The molecule has 0 spiro atoms. The van der Waals surface area contributed by atoms with Gasteiger partial charge in [0.25, 0.3) is 5.60 Å². The third-order valence-electron chi connectivity index (χ3n) is 2.44. The Labute approximate surface area is 110 Å². The molecular weight excluding hydrogens is 252 g/mol. The van der Waals surface area contributed by atoms with Crippen LogP contribution in [0, 0.1) is 0 Å². The lowest BCUT2D eigenvalue weighted by molar-refractivity contribution is -0.172. The minimum atomic E-state index is -2.08. The number of carboxylic acid groups (broad SMARTS) is 1. The van der Waals surface area contributed by atoms with Gasteiger partial charge in [0.05, 0.1) is 13.7 Å². The average molecular weight is 268 g/mol. The lowest BCUT2D eigenvalue weighted by atomic mass is 10.1. The van der Waals surface area contributed by atoms with Gasteiger partial charge in [-0.25, -0.2) is 9.59 Å². The molecule has 104 valence electrons. The molecule has 0 saturated heterocycles. The van der Waals surface area contributed by atoms with Crippen LogP contribution in [0.2, 0.25) is 0 Å². The van der Waals surface area contributed by atoms with Crippen molar-refractivity contribution >= 4 is 11.9 Å². The molecule has 0 aliphatic rings. The molecule has 0 aromatic heterocycles. The van der Waals surface area contributed by atoms with E-state index < -0.39 is 17.5 Å². The van der Waals surface area contributed by atoms with Crippen molar-refractivity contribution in [2.45, 2.75) is 19.4 Å². The van der Waals surface area contributed by atoms with E-state index >= 15 is 0 Å². The van der Waals surface area contributed by atoms with Crippen LogP contribution in [0.4, 0.5) is 0 Å². The minimum absolute atomic E-state index is 0.235. The fourth-order valence-corrected chi connectivity index (χ4v) is 1.37. The number of carboxylic acids is 1. The average Bonchev–Trinajstić information content (AvgIpc) is 2.40. The second-order valence-electron chi connectivity index (χ2n) is 3.84. The Morgan fingerprint density at radius 1 is 1.21 bits per heavy atom. The highest BCUT2D eigenvalue weighted by molar-refractivity contribution is 6.02. The molecule has 1 unspecified atom stereocenters. The van der Waals surface area contributed by atoms with Crippen LogP contribution in [0.25, 0.3) is 0 Å². The van der Waals surface area contributed by atoms with Crippen LogP contribution in [0.1, 0.15) is 13.8 Å². The Morgan fingerprint density at radius 3 is 2.16 bits per heavy atom. The highest BCUT2D eigenvalue weighted by atomic mass is 16.6. The van der Waals surface area contributed by atoms with Crippen LogP contribution < -0.4 is 9.47 Å². The van der Waals surface area contributed by atoms with E-state index in [-0.39, 0.29) is 5.75 Å². The first kappa shape index (κ1) is 14.8. The molecule has 19 heavy (non-hydrogen) atoms. The van der Waals surface area contributed by atoms with Crippen molar-refractivity contribution in [1.82, 2.24) is 0 Å². The van der Waals surface area contributed by atoms with Crippen LogP contribution in [-0.4, -0.2) is 36.4 Å². The van der Waals surface area contributed by atoms with Crippen LogP contribution in [0.3, 0.4) is 0 Å². The second-order valence-corrected chi connectivity index (χ2v) is 3.84. The molecule has 0 amide bonds. The Balaban J connectivity index is 2.91. The lowest BCUT2D eigenvalue weighted by Gasteiger charge is -2.23. The largest absolute Gasteiger partial charge is 0.494 e. The van der Waals surface area contributed by atoms with Crippen molar-refractivity contribution < 1.29 is 28.9 Å². The maximum absolute atomic E-state index is 11.5. The van der Waals surface area contributed by atoms with E-state index in [4.69, 9.17) is 14.6 Å². The van der Waals surface area contributed by atoms with Gasteiger partial charge in [0, 0.05) is 0 Å². The maximum atomic E-state index is 11.5. The summed E-state index contributed by atoms with van der Waals surface area (Å²) in [6.45, 7) is 3.51. The fourth-order valence-electron chi connectivity index (χ4n) is 1.37. The van der Waals surface area contributed by atoms with Crippen molar-refractivity contribution in [3.63, 3.8) is 0 Å². The summed E-state index contributed by atoms with van der Waals surface area (Å²) in [7, 11) is 1.10. The molecule has 1 atom stereocenters. The van der Waals surface area contributed by atoms with Crippen LogP contribution >= 0.6 is 0 Å². The number of hydrogen-bond acceptors (Lipinski definition) is 5. The van der Waals surface area contributed by atoms with E-state index in [0.29, 0.717) is 12.4 Å². The number of methoxy groups -OCH3 is 1. The first-order valence-corrected chi connectivity index (χ1v) is 5.67. The van der Waals surface area contributed by atoms with Gasteiger partial charge in [0.2, 0.25) is 0 Å². The van der Waals surface area contributed by atoms with Crippen LogP contribution in [-0.2, 0) is 14.3 Å². The molecule has 0 aliphatic carbocycles. The fraction of sp³-hybridized carbons (Fsp3) is 0.385. The summed E-state index contributed by atoms with van der Waals surface area (Å²) in [5.74, 6) is -1.54. The smallest absolute Gasteiger partial charge is 0.361 e. The molecule has 6 nitrogen and oxygen atoms in total. The van der Waals surface area contributed by atoms with E-state index in [9.17, 15) is 9.59 Å². The molecule has 0 saturated carbocycles. The Bertz CT molecular complexity index is 453. The highest BCUT2D eigenvalue weighted by Gasteiger charge is 2.45. The maximum Gasteiger partial charge on any atom is 0.361 e. The summed E-state index contributed by atoms with van der Waals surface area (Å²) in [5.41, 5.74) is -2.08. The summed E-state index contributed by atoms with van der Waals surface area (Å²) in [4.78, 5) is 22.6. The molecule has 0 aliphatic heterocycles. The SMILES string of the molecule is CCOc1ccc(OC(C)(C(=O)O)C(=O)OC)cc1. The number of carbonyl (C=O) groups is 2. The molecule has 1 rings (SSSR count). The monoisotopic (exact) mass is 268 g/mol. The summed E-state index contributed by atoms with van der Waals surface area (Å²) < 4.78 is 14.9. The predicted octanol–water partition coefficient (Wildman–Crippen LogP) is 1.48. The molecule has 1 aromatic carbocycles. The number of aliphatic carboxylic acids is 1. The minimum Gasteiger partial charge on any atom is -0.494 e. The second kappa shape index (κ2) is 6.08. The Morgan fingerprint density at radius 2 is 1.74 bits per heavy atom. The molecule has 0 heterocycles. The molecule has 0 fully saturated rings. The number of benzene rings is 1. The molecule has 0 bridgehead atoms. The van der Waals surface area contributed by atoms with Gasteiger partial charge in [-0.15, -0.1) is 0 Å². The molecule has 1 aromatic rings. The van der Waals surface area contributed by atoms with Gasteiger partial charge in [0.15, 0.2) is 0 Å². The number of rotatable bonds is 6. The van der Waals surface area contributed by atoms with Crippen molar-refractivity contribution in [2.24, 2.45) is 0 Å². The van der Waals surface area contributed by atoms with Gasteiger partial charge < -0.3 is 19.3 Å². The number of hydrogen-bond donors (Lipinski definition) is 1. The van der Waals surface area contributed by atoms with E-state index in [0.717, 1.165) is 14.0 Å². The van der Waals surface area contributed by atoms with Crippen molar-refractivity contribution in [3.05, 3.63) is 24.3 Å². The van der Waals surface area contributed by atoms with E-state index in [1.807, 2.05) is 6.92 Å². The standard InChI is InChI=1S/C13H16O6/c1-4-18-9-5-7-10(8-6-9)19-13(2,11(14)15)12(16)17-3/h5-8H,4H2,1-3H3,(H,14,15). The van der Waals surface area contributed by atoms with Gasteiger partial charge >= 0.3 is 11.9 Å².